The highest BCUT2D eigenvalue weighted by molar-refractivity contribution is 5.37. The van der Waals surface area contributed by atoms with Crippen molar-refractivity contribution in [2.75, 3.05) is 11.9 Å². The van der Waals surface area contributed by atoms with E-state index in [2.05, 4.69) is 29.1 Å². The first-order valence-electron chi connectivity index (χ1n) is 6.00. The molecule has 0 unspecified atom stereocenters. The summed E-state index contributed by atoms with van der Waals surface area (Å²) in [6.45, 7) is 6.95. The van der Waals surface area contributed by atoms with Gasteiger partial charge < -0.3 is 10.1 Å². The van der Waals surface area contributed by atoms with Gasteiger partial charge in [0.1, 0.15) is 11.6 Å². The number of aryl methyl sites for hydroxylation is 2. The maximum absolute atomic E-state index is 5.69. The second kappa shape index (κ2) is 5.49. The van der Waals surface area contributed by atoms with Crippen LogP contribution >= 0.6 is 0 Å². The van der Waals surface area contributed by atoms with E-state index in [0.717, 1.165) is 18.1 Å². The molecule has 0 radical (unpaired) electrons. The van der Waals surface area contributed by atoms with E-state index in [1.807, 2.05) is 25.1 Å². The summed E-state index contributed by atoms with van der Waals surface area (Å²) < 4.78 is 5.69. The molecule has 1 heterocycles. The summed E-state index contributed by atoms with van der Waals surface area (Å²) in [6.07, 6.45) is 3.28. The van der Waals surface area contributed by atoms with Gasteiger partial charge in [0.05, 0.1) is 12.4 Å². The van der Waals surface area contributed by atoms with Crippen LogP contribution in [0.2, 0.25) is 0 Å². The molecule has 1 aromatic carbocycles. The lowest BCUT2D eigenvalue weighted by Crippen LogP contribution is -2.00. The zero-order valence-electron chi connectivity index (χ0n) is 10.9. The quantitative estimate of drug-likeness (QED) is 0.894. The largest absolute Gasteiger partial charge is 0.437 e. The molecule has 0 atom stereocenters. The van der Waals surface area contributed by atoms with E-state index in [1.54, 1.807) is 12.4 Å². The van der Waals surface area contributed by atoms with Gasteiger partial charge in [0.25, 0.3) is 0 Å². The van der Waals surface area contributed by atoms with Crippen molar-refractivity contribution in [2.45, 2.75) is 20.8 Å². The van der Waals surface area contributed by atoms with E-state index < -0.39 is 0 Å². The number of aromatic nitrogens is 2. The average Bonchev–Trinajstić information content (AvgIpc) is 2.35. The molecule has 0 spiro atoms. The van der Waals surface area contributed by atoms with Crippen LogP contribution in [0, 0.1) is 13.8 Å². The first-order chi connectivity index (χ1) is 8.69. The fourth-order valence-corrected chi connectivity index (χ4v) is 1.56. The number of hydrogen-bond acceptors (Lipinski definition) is 4. The van der Waals surface area contributed by atoms with Gasteiger partial charge in [-0.1, -0.05) is 6.07 Å². The van der Waals surface area contributed by atoms with Crippen molar-refractivity contribution >= 4 is 5.82 Å². The molecular formula is C14H17N3O. The van der Waals surface area contributed by atoms with Crippen LogP contribution in [0.4, 0.5) is 5.82 Å². The Morgan fingerprint density at radius 3 is 2.72 bits per heavy atom. The molecule has 2 rings (SSSR count). The van der Waals surface area contributed by atoms with Crippen LogP contribution in [-0.4, -0.2) is 16.5 Å². The number of nitrogens with zero attached hydrogens (tertiary/aromatic N) is 2. The number of rotatable bonds is 4. The summed E-state index contributed by atoms with van der Waals surface area (Å²) in [4.78, 5) is 8.40. The predicted molar refractivity (Wildman–Crippen MR) is 72.2 cm³/mol. The molecule has 1 N–H and O–H groups in total. The SMILES string of the molecule is CCNc1cncc(Oc2ccc(C)c(C)c2)n1. The highest BCUT2D eigenvalue weighted by atomic mass is 16.5. The standard InChI is InChI=1S/C14H17N3O/c1-4-16-13-8-15-9-14(17-13)18-12-6-5-10(2)11(3)7-12/h5-9H,4H2,1-3H3,(H,16,17). The Morgan fingerprint density at radius 1 is 1.17 bits per heavy atom. The highest BCUT2D eigenvalue weighted by Crippen LogP contribution is 2.22. The molecular weight excluding hydrogens is 226 g/mol. The minimum atomic E-state index is 0.497. The second-order valence-corrected chi connectivity index (χ2v) is 4.12. The van der Waals surface area contributed by atoms with Gasteiger partial charge in [-0.2, -0.15) is 4.98 Å². The second-order valence-electron chi connectivity index (χ2n) is 4.12. The van der Waals surface area contributed by atoms with E-state index >= 15 is 0 Å². The molecule has 0 fully saturated rings. The lowest BCUT2D eigenvalue weighted by Gasteiger charge is -2.08. The van der Waals surface area contributed by atoms with Crippen LogP contribution in [0.1, 0.15) is 18.1 Å². The lowest BCUT2D eigenvalue weighted by atomic mass is 10.1. The molecule has 0 bridgehead atoms. The van der Waals surface area contributed by atoms with Crippen molar-refractivity contribution in [2.24, 2.45) is 0 Å². The fraction of sp³-hybridized carbons (Fsp3) is 0.286. The smallest absolute Gasteiger partial charge is 0.239 e. The molecule has 18 heavy (non-hydrogen) atoms. The molecule has 2 aromatic rings. The summed E-state index contributed by atoms with van der Waals surface area (Å²) in [7, 11) is 0. The molecule has 1 aromatic heterocycles. The molecule has 4 nitrogen and oxygen atoms in total. The number of hydrogen-bond donors (Lipinski definition) is 1. The van der Waals surface area contributed by atoms with Crippen LogP contribution < -0.4 is 10.1 Å². The lowest BCUT2D eigenvalue weighted by molar-refractivity contribution is 0.460. The Labute approximate surface area is 107 Å². The van der Waals surface area contributed by atoms with E-state index in [1.165, 1.54) is 11.1 Å². The number of nitrogens with one attached hydrogen (secondary N) is 1. The van der Waals surface area contributed by atoms with Gasteiger partial charge in [-0.25, -0.2) is 0 Å². The Kier molecular flexibility index (Phi) is 3.77. The molecule has 0 aliphatic heterocycles. The normalized spacial score (nSPS) is 10.2. The van der Waals surface area contributed by atoms with Gasteiger partial charge in [-0.3, -0.25) is 4.98 Å². The van der Waals surface area contributed by atoms with E-state index in [0.29, 0.717) is 5.88 Å². The van der Waals surface area contributed by atoms with Crippen molar-refractivity contribution in [1.29, 1.82) is 0 Å². The van der Waals surface area contributed by atoms with Crippen LogP contribution in [-0.2, 0) is 0 Å². The summed E-state index contributed by atoms with van der Waals surface area (Å²) in [6, 6.07) is 5.97. The van der Waals surface area contributed by atoms with Gasteiger partial charge in [0.2, 0.25) is 5.88 Å². The summed E-state index contributed by atoms with van der Waals surface area (Å²) in [5.74, 6) is 2.00. The minimum absolute atomic E-state index is 0.497. The fourth-order valence-electron chi connectivity index (χ4n) is 1.56. The summed E-state index contributed by atoms with van der Waals surface area (Å²) in [5.41, 5.74) is 2.44. The maximum Gasteiger partial charge on any atom is 0.239 e. The van der Waals surface area contributed by atoms with E-state index in [-0.39, 0.29) is 0 Å². The highest BCUT2D eigenvalue weighted by Gasteiger charge is 2.02. The molecule has 4 heteroatoms. The molecule has 94 valence electrons. The molecule has 0 amide bonds. The molecule has 0 aliphatic rings. The maximum atomic E-state index is 5.69. The third kappa shape index (κ3) is 2.97. The Bertz CT molecular complexity index is 540. The van der Waals surface area contributed by atoms with Crippen LogP contribution in [0.3, 0.4) is 0 Å². The summed E-state index contributed by atoms with van der Waals surface area (Å²) in [5, 5.41) is 3.10. The van der Waals surface area contributed by atoms with E-state index in [9.17, 15) is 0 Å². The molecule has 0 saturated carbocycles. The van der Waals surface area contributed by atoms with Crippen LogP contribution in [0.15, 0.2) is 30.6 Å². The number of anilines is 1. The average molecular weight is 243 g/mol. The van der Waals surface area contributed by atoms with E-state index in [4.69, 9.17) is 4.74 Å². The van der Waals surface area contributed by atoms with Crippen LogP contribution in [0.25, 0.3) is 0 Å². The van der Waals surface area contributed by atoms with Crippen molar-refractivity contribution in [3.63, 3.8) is 0 Å². The Morgan fingerprint density at radius 2 is 2.00 bits per heavy atom. The molecule has 0 aliphatic carbocycles. The first kappa shape index (κ1) is 12.4. The van der Waals surface area contributed by atoms with Crippen molar-refractivity contribution < 1.29 is 4.74 Å². The van der Waals surface area contributed by atoms with Gasteiger partial charge in [0.15, 0.2) is 0 Å². The number of ether oxygens (including phenoxy) is 1. The van der Waals surface area contributed by atoms with Gasteiger partial charge >= 0.3 is 0 Å². The monoisotopic (exact) mass is 243 g/mol. The zero-order valence-corrected chi connectivity index (χ0v) is 10.9. The van der Waals surface area contributed by atoms with Gasteiger partial charge in [-0.15, -0.1) is 0 Å². The van der Waals surface area contributed by atoms with Crippen molar-refractivity contribution in [3.05, 3.63) is 41.7 Å². The minimum Gasteiger partial charge on any atom is -0.437 e. The summed E-state index contributed by atoms with van der Waals surface area (Å²) >= 11 is 0. The first-order valence-corrected chi connectivity index (χ1v) is 6.00. The third-order valence-corrected chi connectivity index (χ3v) is 2.67. The molecule has 0 saturated heterocycles. The van der Waals surface area contributed by atoms with Crippen molar-refractivity contribution in [3.8, 4) is 11.6 Å². The van der Waals surface area contributed by atoms with Gasteiger partial charge in [0, 0.05) is 6.54 Å². The third-order valence-electron chi connectivity index (χ3n) is 2.67. The Balaban J connectivity index is 2.17. The van der Waals surface area contributed by atoms with Crippen LogP contribution in [0.5, 0.6) is 11.6 Å². The number of benzene rings is 1. The van der Waals surface area contributed by atoms with Crippen molar-refractivity contribution in [1.82, 2.24) is 9.97 Å². The Hall–Kier alpha value is -2.10. The zero-order chi connectivity index (χ0) is 13.0. The predicted octanol–water partition coefficient (Wildman–Crippen LogP) is 3.32. The van der Waals surface area contributed by atoms with Gasteiger partial charge in [-0.05, 0) is 44.0 Å². The topological polar surface area (TPSA) is 47.0 Å².